The number of aryl methyl sites for hydroxylation is 1. The molecule has 0 bridgehead atoms. The first-order valence-corrected chi connectivity index (χ1v) is 8.56. The van der Waals surface area contributed by atoms with E-state index in [4.69, 9.17) is 5.73 Å². The van der Waals surface area contributed by atoms with Gasteiger partial charge in [0.1, 0.15) is 17.8 Å². The maximum absolute atomic E-state index is 11.8. The van der Waals surface area contributed by atoms with Crippen molar-refractivity contribution in [2.75, 3.05) is 24.5 Å². The van der Waals surface area contributed by atoms with Gasteiger partial charge in [-0.15, -0.1) is 0 Å². The largest absolute Gasteiger partial charge is 0.354 e. The van der Waals surface area contributed by atoms with Gasteiger partial charge in [0.2, 0.25) is 5.91 Å². The molecule has 1 saturated heterocycles. The first-order chi connectivity index (χ1) is 11.4. The summed E-state index contributed by atoms with van der Waals surface area (Å²) in [4.78, 5) is 26.1. The zero-order chi connectivity index (χ0) is 17.3. The Morgan fingerprint density at radius 2 is 2.29 bits per heavy atom. The van der Waals surface area contributed by atoms with Crippen LogP contribution in [0.15, 0.2) is 12.5 Å². The third-order valence-corrected chi connectivity index (χ3v) is 4.74. The summed E-state index contributed by atoms with van der Waals surface area (Å²) in [5.41, 5.74) is 8.16. The van der Waals surface area contributed by atoms with Crippen LogP contribution in [0.2, 0.25) is 0 Å². The summed E-state index contributed by atoms with van der Waals surface area (Å²) in [5, 5.41) is 4.04. The Hall–Kier alpha value is -2.15. The molecule has 0 radical (unpaired) electrons. The zero-order valence-corrected chi connectivity index (χ0v) is 14.6. The van der Waals surface area contributed by atoms with Gasteiger partial charge in [0.15, 0.2) is 0 Å². The predicted octanol–water partition coefficient (Wildman–Crippen LogP) is 1.20. The molecule has 3 rings (SSSR count). The van der Waals surface area contributed by atoms with Gasteiger partial charge in [-0.05, 0) is 18.4 Å². The van der Waals surface area contributed by atoms with Crippen LogP contribution in [-0.4, -0.2) is 46.0 Å². The van der Waals surface area contributed by atoms with E-state index in [1.807, 2.05) is 20.0 Å². The van der Waals surface area contributed by atoms with Crippen molar-refractivity contribution in [1.29, 1.82) is 0 Å². The number of nitrogens with zero attached hydrogens (tertiary/aromatic N) is 3. The van der Waals surface area contributed by atoms with Crippen LogP contribution in [0, 0.1) is 5.92 Å². The molecular formula is C17H26N6O. The number of anilines is 1. The quantitative estimate of drug-likeness (QED) is 0.765. The van der Waals surface area contributed by atoms with Crippen molar-refractivity contribution in [2.45, 2.75) is 39.2 Å². The number of carbonyl (C=O) groups is 1. The van der Waals surface area contributed by atoms with Gasteiger partial charge in [-0.25, -0.2) is 9.97 Å². The molecule has 7 nitrogen and oxygen atoms in total. The molecule has 3 heterocycles. The normalized spacial score (nSPS) is 21.0. The molecule has 1 aliphatic rings. The van der Waals surface area contributed by atoms with E-state index in [0.29, 0.717) is 13.1 Å². The van der Waals surface area contributed by atoms with Gasteiger partial charge >= 0.3 is 0 Å². The van der Waals surface area contributed by atoms with Crippen molar-refractivity contribution in [3.05, 3.63) is 18.1 Å². The molecule has 0 aromatic carbocycles. The van der Waals surface area contributed by atoms with Crippen LogP contribution in [0.1, 0.15) is 32.8 Å². The Bertz CT molecular complexity index is 740. The lowest BCUT2D eigenvalue weighted by Crippen LogP contribution is -2.52. The minimum Gasteiger partial charge on any atom is -0.354 e. The number of hydrogen-bond donors (Lipinski definition) is 3. The third kappa shape index (κ3) is 3.08. The highest BCUT2D eigenvalue weighted by molar-refractivity contribution is 5.91. The van der Waals surface area contributed by atoms with Crippen LogP contribution < -0.4 is 16.0 Å². The molecule has 0 saturated carbocycles. The number of rotatable bonds is 5. The van der Waals surface area contributed by atoms with Gasteiger partial charge in [-0.2, -0.15) is 0 Å². The van der Waals surface area contributed by atoms with Crippen molar-refractivity contribution in [1.82, 2.24) is 20.3 Å². The highest BCUT2D eigenvalue weighted by Crippen LogP contribution is 2.31. The summed E-state index contributed by atoms with van der Waals surface area (Å²) in [5.74, 6) is 0.946. The molecular weight excluding hydrogens is 304 g/mol. The molecule has 2 aromatic rings. The molecule has 1 atom stereocenters. The molecule has 24 heavy (non-hydrogen) atoms. The van der Waals surface area contributed by atoms with E-state index in [1.54, 1.807) is 6.33 Å². The van der Waals surface area contributed by atoms with Gasteiger partial charge in [0, 0.05) is 31.7 Å². The van der Waals surface area contributed by atoms with Crippen molar-refractivity contribution in [3.63, 3.8) is 0 Å². The number of H-pyrrole nitrogens is 1. The number of nitrogens with two attached hydrogens (primary N) is 1. The van der Waals surface area contributed by atoms with Gasteiger partial charge in [-0.1, -0.05) is 20.8 Å². The van der Waals surface area contributed by atoms with Crippen LogP contribution >= 0.6 is 0 Å². The van der Waals surface area contributed by atoms with Crippen LogP contribution in [0.5, 0.6) is 0 Å². The smallest absolute Gasteiger partial charge is 0.222 e. The summed E-state index contributed by atoms with van der Waals surface area (Å²) >= 11 is 0. The molecule has 4 N–H and O–H groups in total. The highest BCUT2D eigenvalue weighted by atomic mass is 16.1. The SMILES string of the molecule is CCc1c[nH]c2ncnc(N3CC[C@](N)(CNC(=O)C(C)C)C3)c12. The van der Waals surface area contributed by atoms with Crippen LogP contribution in [-0.2, 0) is 11.2 Å². The van der Waals surface area contributed by atoms with Gasteiger partial charge in [0.25, 0.3) is 0 Å². The standard InChI is InChI=1S/C17H26N6O/c1-4-12-7-19-14-13(12)15(22-10-21-14)23-6-5-17(18,9-23)8-20-16(24)11(2)3/h7,10-11H,4-6,8-9,18H2,1-3H3,(H,20,24)(H,19,21,22)/t17-/m0/s1. The van der Waals surface area contributed by atoms with Crippen molar-refractivity contribution >= 4 is 22.8 Å². The number of carbonyl (C=O) groups excluding carboxylic acids is 1. The highest BCUT2D eigenvalue weighted by Gasteiger charge is 2.36. The summed E-state index contributed by atoms with van der Waals surface area (Å²) < 4.78 is 0. The Balaban J connectivity index is 1.78. The Morgan fingerprint density at radius 3 is 3.00 bits per heavy atom. The molecule has 130 valence electrons. The first-order valence-electron chi connectivity index (χ1n) is 8.56. The van der Waals surface area contributed by atoms with Crippen LogP contribution in [0.25, 0.3) is 11.0 Å². The number of fused-ring (bicyclic) bond motifs is 1. The average molecular weight is 330 g/mol. The number of amides is 1. The van der Waals surface area contributed by atoms with Crippen LogP contribution in [0.3, 0.4) is 0 Å². The Kier molecular flexibility index (Phi) is 4.45. The molecule has 1 fully saturated rings. The second-order valence-electron chi connectivity index (χ2n) is 6.99. The van der Waals surface area contributed by atoms with E-state index in [9.17, 15) is 4.79 Å². The maximum Gasteiger partial charge on any atom is 0.222 e. The Morgan fingerprint density at radius 1 is 1.50 bits per heavy atom. The molecule has 0 aliphatic carbocycles. The first kappa shape index (κ1) is 16.7. The van der Waals surface area contributed by atoms with E-state index >= 15 is 0 Å². The molecule has 1 amide bonds. The van der Waals surface area contributed by atoms with E-state index < -0.39 is 5.54 Å². The third-order valence-electron chi connectivity index (χ3n) is 4.74. The molecule has 0 unspecified atom stereocenters. The number of aromatic amines is 1. The summed E-state index contributed by atoms with van der Waals surface area (Å²) in [6.45, 7) is 7.88. The summed E-state index contributed by atoms with van der Waals surface area (Å²) in [6.07, 6.45) is 5.33. The molecule has 2 aromatic heterocycles. The van der Waals surface area contributed by atoms with E-state index in [1.165, 1.54) is 5.56 Å². The molecule has 0 spiro atoms. The second-order valence-corrected chi connectivity index (χ2v) is 6.99. The monoisotopic (exact) mass is 330 g/mol. The van der Waals surface area contributed by atoms with E-state index in [2.05, 4.69) is 32.1 Å². The van der Waals surface area contributed by atoms with Crippen molar-refractivity contribution < 1.29 is 4.79 Å². The van der Waals surface area contributed by atoms with E-state index in [0.717, 1.165) is 36.2 Å². The number of nitrogens with one attached hydrogen (secondary N) is 2. The lowest BCUT2D eigenvalue weighted by Gasteiger charge is -2.26. The van der Waals surface area contributed by atoms with Gasteiger partial charge in [-0.3, -0.25) is 4.79 Å². The number of aromatic nitrogens is 3. The van der Waals surface area contributed by atoms with Gasteiger partial charge < -0.3 is 20.9 Å². The predicted molar refractivity (Wildman–Crippen MR) is 94.9 cm³/mol. The van der Waals surface area contributed by atoms with E-state index in [-0.39, 0.29) is 11.8 Å². The zero-order valence-electron chi connectivity index (χ0n) is 14.6. The topological polar surface area (TPSA) is 99.9 Å². The minimum atomic E-state index is -0.426. The lowest BCUT2D eigenvalue weighted by molar-refractivity contribution is -0.124. The van der Waals surface area contributed by atoms with Gasteiger partial charge in [0.05, 0.1) is 10.9 Å². The van der Waals surface area contributed by atoms with Crippen molar-refractivity contribution in [3.8, 4) is 0 Å². The maximum atomic E-state index is 11.8. The Labute approximate surface area is 142 Å². The average Bonchev–Trinajstić information content (AvgIpc) is 3.16. The lowest BCUT2D eigenvalue weighted by atomic mass is 10.00. The van der Waals surface area contributed by atoms with Crippen molar-refractivity contribution in [2.24, 2.45) is 11.7 Å². The fourth-order valence-electron chi connectivity index (χ4n) is 3.22. The summed E-state index contributed by atoms with van der Waals surface area (Å²) in [6, 6.07) is 0. The summed E-state index contributed by atoms with van der Waals surface area (Å²) in [7, 11) is 0. The molecule has 1 aliphatic heterocycles. The second kappa shape index (κ2) is 6.39. The van der Waals surface area contributed by atoms with Crippen LogP contribution in [0.4, 0.5) is 5.82 Å². The fraction of sp³-hybridized carbons (Fsp3) is 0.588. The number of hydrogen-bond acceptors (Lipinski definition) is 5. The molecule has 7 heteroatoms. The minimum absolute atomic E-state index is 0.0282. The fourth-order valence-corrected chi connectivity index (χ4v) is 3.22.